The van der Waals surface area contributed by atoms with Gasteiger partial charge >= 0.3 is 7.12 Å². The monoisotopic (exact) mass is 430 g/mol. The highest BCUT2D eigenvalue weighted by Crippen LogP contribution is 2.21. The molecule has 11 heteroatoms. The lowest BCUT2D eigenvalue weighted by Gasteiger charge is -2.19. The van der Waals surface area contributed by atoms with Gasteiger partial charge in [0, 0.05) is 24.5 Å². The molecule has 1 aromatic heterocycles. The highest BCUT2D eigenvalue weighted by atomic mass is 16.6. The van der Waals surface area contributed by atoms with Crippen molar-refractivity contribution in [3.63, 3.8) is 0 Å². The molecular weight excluding hydrogens is 403 g/mol. The van der Waals surface area contributed by atoms with Crippen LogP contribution in [0.2, 0.25) is 0 Å². The van der Waals surface area contributed by atoms with Crippen LogP contribution in [0.15, 0.2) is 48.8 Å². The molecule has 0 saturated heterocycles. The second-order valence-corrected chi connectivity index (χ2v) is 7.34. The van der Waals surface area contributed by atoms with Crippen LogP contribution in [0.4, 0.5) is 5.69 Å². The summed E-state index contributed by atoms with van der Waals surface area (Å²) in [4.78, 5) is 38.5. The van der Waals surface area contributed by atoms with Gasteiger partial charge in [0.25, 0.3) is 11.6 Å². The van der Waals surface area contributed by atoms with Crippen LogP contribution in [0.25, 0.3) is 0 Å². The number of carbonyl (C=O) groups excluding carboxylic acids is 2. The molecule has 1 unspecified atom stereocenters. The van der Waals surface area contributed by atoms with Crippen molar-refractivity contribution in [2.75, 3.05) is 6.44 Å². The molecule has 0 bridgehead atoms. The molecule has 0 aliphatic carbocycles. The fourth-order valence-corrected chi connectivity index (χ4v) is 2.28. The van der Waals surface area contributed by atoms with E-state index in [1.54, 1.807) is 12.1 Å². The molecule has 1 aromatic carbocycles. The van der Waals surface area contributed by atoms with Crippen molar-refractivity contribution in [3.8, 4) is 0 Å². The van der Waals surface area contributed by atoms with Crippen LogP contribution in [-0.4, -0.2) is 45.3 Å². The Labute approximate surface area is 181 Å². The molecule has 2 rings (SSSR count). The zero-order chi connectivity index (χ0) is 23.4. The third kappa shape index (κ3) is 10.3. The number of hydrogen-bond acceptors (Lipinski definition) is 7. The van der Waals surface area contributed by atoms with Gasteiger partial charge in [0.05, 0.1) is 29.4 Å². The molecule has 0 spiro atoms. The summed E-state index contributed by atoms with van der Waals surface area (Å²) in [5.74, 6) is -0.167. The van der Waals surface area contributed by atoms with Crippen molar-refractivity contribution < 1.29 is 24.6 Å². The normalized spacial score (nSPS) is 11.0. The number of rotatable bonds is 8. The second kappa shape index (κ2) is 13.1. The molecule has 166 valence electrons. The zero-order valence-electron chi connectivity index (χ0n) is 17.7. The van der Waals surface area contributed by atoms with Gasteiger partial charge in [-0.05, 0) is 23.6 Å². The topological polar surface area (TPSA) is 155 Å². The van der Waals surface area contributed by atoms with Crippen LogP contribution in [-0.2, 0) is 4.79 Å². The average molecular weight is 430 g/mol. The highest BCUT2D eigenvalue weighted by molar-refractivity contribution is 6.41. The van der Waals surface area contributed by atoms with Crippen molar-refractivity contribution >= 4 is 24.6 Å². The van der Waals surface area contributed by atoms with E-state index in [9.17, 15) is 19.7 Å². The molecule has 31 heavy (non-hydrogen) atoms. The Morgan fingerprint density at radius 2 is 1.77 bits per heavy atom. The van der Waals surface area contributed by atoms with Gasteiger partial charge in [-0.15, -0.1) is 0 Å². The largest absolute Gasteiger partial charge is 0.472 e. The summed E-state index contributed by atoms with van der Waals surface area (Å²) < 4.78 is 0. The van der Waals surface area contributed by atoms with Crippen molar-refractivity contribution in [3.05, 3.63) is 70.0 Å². The predicted molar refractivity (Wildman–Crippen MR) is 116 cm³/mol. The van der Waals surface area contributed by atoms with Gasteiger partial charge < -0.3 is 20.7 Å². The molecular formula is C20H27BN4O6. The first-order valence-corrected chi connectivity index (χ1v) is 9.68. The van der Waals surface area contributed by atoms with Gasteiger partial charge in [-0.2, -0.15) is 0 Å². The van der Waals surface area contributed by atoms with Gasteiger partial charge in [-0.3, -0.25) is 24.7 Å². The first kappa shape index (κ1) is 25.7. The minimum Gasteiger partial charge on any atom is -0.426 e. The summed E-state index contributed by atoms with van der Waals surface area (Å²) in [6, 6.07) is 7.79. The number of nitro benzene ring substituents is 1. The summed E-state index contributed by atoms with van der Waals surface area (Å²) in [5.41, 5.74) is 0.650. The number of nitrogens with zero attached hydrogens (tertiary/aromatic N) is 2. The van der Waals surface area contributed by atoms with E-state index in [2.05, 4.69) is 36.4 Å². The molecule has 4 N–H and O–H groups in total. The lowest BCUT2D eigenvalue weighted by molar-refractivity contribution is -0.384. The molecule has 2 amide bonds. The van der Waals surface area contributed by atoms with E-state index in [1.165, 1.54) is 36.7 Å². The predicted octanol–water partition coefficient (Wildman–Crippen LogP) is 1.64. The Hall–Kier alpha value is -3.31. The van der Waals surface area contributed by atoms with Gasteiger partial charge in [0.15, 0.2) is 0 Å². The van der Waals surface area contributed by atoms with E-state index in [0.717, 1.165) is 5.92 Å². The standard InChI is InChI=1S/C16H17BN4O6.C4H10/c22-15(19-10-17(24)25)8-14(11-3-5-13(6-4-11)21(26)27)20-16(23)12-2-1-7-18-9-12;1-4(2)3/h1-7,9,14,24-25H,8,10H2,(H,19,22)(H,20,23);4H,1-3H3. The molecule has 0 aliphatic rings. The van der Waals surface area contributed by atoms with E-state index in [1.807, 2.05) is 0 Å². The molecule has 10 nitrogen and oxygen atoms in total. The van der Waals surface area contributed by atoms with Crippen LogP contribution in [0.5, 0.6) is 0 Å². The fourth-order valence-electron chi connectivity index (χ4n) is 2.28. The number of carbonyl (C=O) groups is 2. The smallest absolute Gasteiger partial charge is 0.426 e. The maximum atomic E-state index is 12.4. The third-order valence-electron chi connectivity index (χ3n) is 3.61. The Balaban J connectivity index is 0.00000110. The van der Waals surface area contributed by atoms with Crippen molar-refractivity contribution in [2.24, 2.45) is 5.92 Å². The van der Waals surface area contributed by atoms with Crippen LogP contribution in [0.1, 0.15) is 49.2 Å². The summed E-state index contributed by atoms with van der Waals surface area (Å²) in [6.07, 6.45) is 2.32. The maximum absolute atomic E-state index is 12.4. The molecule has 1 heterocycles. The van der Waals surface area contributed by atoms with Gasteiger partial charge in [0.2, 0.25) is 5.91 Å². The van der Waals surface area contributed by atoms with Crippen molar-refractivity contribution in [2.45, 2.75) is 33.2 Å². The molecule has 1 atom stereocenters. The summed E-state index contributed by atoms with van der Waals surface area (Å²) in [6.45, 7) is 6.50. The number of pyridine rings is 1. The minimum atomic E-state index is -1.70. The average Bonchev–Trinajstić information content (AvgIpc) is 2.72. The van der Waals surface area contributed by atoms with E-state index < -0.39 is 29.9 Å². The lowest BCUT2D eigenvalue weighted by Crippen LogP contribution is -2.38. The summed E-state index contributed by atoms with van der Waals surface area (Å²) >= 11 is 0. The van der Waals surface area contributed by atoms with Gasteiger partial charge in [-0.1, -0.05) is 32.9 Å². The number of hydrogen-bond donors (Lipinski definition) is 4. The van der Waals surface area contributed by atoms with Crippen LogP contribution < -0.4 is 10.6 Å². The van der Waals surface area contributed by atoms with Gasteiger partial charge in [-0.25, -0.2) is 0 Å². The molecule has 0 radical (unpaired) electrons. The number of nitrogens with one attached hydrogen (secondary N) is 2. The van der Waals surface area contributed by atoms with Crippen molar-refractivity contribution in [1.29, 1.82) is 0 Å². The minimum absolute atomic E-state index is 0.121. The highest BCUT2D eigenvalue weighted by Gasteiger charge is 2.21. The lowest BCUT2D eigenvalue weighted by atomic mass is 9.92. The molecule has 0 fully saturated rings. The second-order valence-electron chi connectivity index (χ2n) is 7.34. The van der Waals surface area contributed by atoms with E-state index in [4.69, 9.17) is 10.0 Å². The molecule has 0 aliphatic heterocycles. The first-order chi connectivity index (χ1) is 14.6. The Morgan fingerprint density at radius 3 is 2.26 bits per heavy atom. The van der Waals surface area contributed by atoms with E-state index in [0.29, 0.717) is 5.56 Å². The van der Waals surface area contributed by atoms with Gasteiger partial charge in [0.1, 0.15) is 0 Å². The Kier molecular flexibility index (Phi) is 10.9. The zero-order valence-corrected chi connectivity index (χ0v) is 17.7. The first-order valence-electron chi connectivity index (χ1n) is 9.68. The SMILES string of the molecule is CC(C)C.O=C(CC(NC(=O)c1cccnc1)c1ccc([N+](=O)[O-])cc1)NCB(O)O. The number of amides is 2. The Morgan fingerprint density at radius 1 is 1.16 bits per heavy atom. The third-order valence-corrected chi connectivity index (χ3v) is 3.61. The van der Waals surface area contributed by atoms with Crippen molar-refractivity contribution in [1.82, 2.24) is 15.6 Å². The Bertz CT molecular complexity index is 844. The van der Waals surface area contributed by atoms with E-state index >= 15 is 0 Å². The quantitative estimate of drug-likeness (QED) is 0.282. The van der Waals surface area contributed by atoms with Crippen LogP contribution >= 0.6 is 0 Å². The number of nitro groups is 1. The van der Waals surface area contributed by atoms with Crippen LogP contribution in [0.3, 0.4) is 0 Å². The summed E-state index contributed by atoms with van der Waals surface area (Å²) in [7, 11) is -1.70. The van der Waals surface area contributed by atoms with E-state index in [-0.39, 0.29) is 24.1 Å². The number of non-ortho nitro benzene ring substituents is 1. The molecule has 0 saturated carbocycles. The number of benzene rings is 1. The molecule has 2 aromatic rings. The number of aromatic nitrogens is 1. The maximum Gasteiger partial charge on any atom is 0.472 e. The summed E-state index contributed by atoms with van der Waals surface area (Å²) in [5, 5.41) is 33.4. The van der Waals surface area contributed by atoms with Crippen LogP contribution in [0, 0.1) is 16.0 Å². The fraction of sp³-hybridized carbons (Fsp3) is 0.350.